The molecule has 6 atom stereocenters. The Kier molecular flexibility index (Phi) is 10.9. The van der Waals surface area contributed by atoms with Gasteiger partial charge in [-0.05, 0) is 104 Å². The van der Waals surface area contributed by atoms with Crippen LogP contribution in [0.15, 0.2) is 48.7 Å². The molecule has 45 heavy (non-hydrogen) atoms. The summed E-state index contributed by atoms with van der Waals surface area (Å²) in [4.78, 5) is 4.11. The SMILES string of the molecule is COc1cc([C@@H]2C[C@@H](O)C[C@H](CCc3ccc(O)c(OCO)c3)O2)cc(OC[C@@H]2N[C@@H](C)CC[C@@H]2Cc2ccnc(N)c2)c1O. The number of phenols is 2. The lowest BCUT2D eigenvalue weighted by Gasteiger charge is -2.36. The maximum atomic E-state index is 11.0. The van der Waals surface area contributed by atoms with Gasteiger partial charge in [-0.25, -0.2) is 4.98 Å². The van der Waals surface area contributed by atoms with E-state index in [1.54, 1.807) is 30.5 Å². The smallest absolute Gasteiger partial charge is 0.200 e. The number of benzene rings is 2. The number of aromatic nitrogens is 1. The van der Waals surface area contributed by atoms with Gasteiger partial charge in [-0.1, -0.05) is 6.07 Å². The van der Waals surface area contributed by atoms with Crippen molar-refractivity contribution in [1.82, 2.24) is 10.3 Å². The quantitative estimate of drug-likeness (QED) is 0.161. The summed E-state index contributed by atoms with van der Waals surface area (Å²) in [5, 5.41) is 44.4. The van der Waals surface area contributed by atoms with Crippen LogP contribution in [0.2, 0.25) is 0 Å². The molecule has 3 aromatic rings. The largest absolute Gasteiger partial charge is 0.504 e. The highest BCUT2D eigenvalue weighted by Crippen LogP contribution is 2.43. The minimum absolute atomic E-state index is 0.0419. The fourth-order valence-corrected chi connectivity index (χ4v) is 6.45. The first-order valence-corrected chi connectivity index (χ1v) is 15.6. The number of nitrogens with one attached hydrogen (secondary N) is 1. The molecule has 0 bridgehead atoms. The number of ether oxygens (including phenoxy) is 4. The Labute approximate surface area is 263 Å². The van der Waals surface area contributed by atoms with Crippen molar-refractivity contribution >= 4 is 5.82 Å². The summed E-state index contributed by atoms with van der Waals surface area (Å²) in [5.74, 6) is 1.49. The summed E-state index contributed by atoms with van der Waals surface area (Å²) < 4.78 is 23.3. The molecule has 2 fully saturated rings. The van der Waals surface area contributed by atoms with E-state index in [-0.39, 0.29) is 35.1 Å². The molecule has 11 nitrogen and oxygen atoms in total. The Morgan fingerprint density at radius 3 is 2.60 bits per heavy atom. The fraction of sp³-hybridized carbons (Fsp3) is 0.500. The lowest BCUT2D eigenvalue weighted by molar-refractivity contribution is -0.0999. The van der Waals surface area contributed by atoms with Gasteiger partial charge in [0.2, 0.25) is 5.75 Å². The normalized spacial score (nSPS) is 25.1. The van der Waals surface area contributed by atoms with Crippen molar-refractivity contribution in [2.24, 2.45) is 5.92 Å². The molecule has 2 aliphatic rings. The average molecular weight is 624 g/mol. The molecule has 2 aliphatic heterocycles. The lowest BCUT2D eigenvalue weighted by Crippen LogP contribution is -2.50. The molecule has 7 N–H and O–H groups in total. The van der Waals surface area contributed by atoms with Crippen molar-refractivity contribution in [2.45, 2.75) is 82.3 Å². The topological polar surface area (TPSA) is 169 Å². The first kappa shape index (κ1) is 32.6. The summed E-state index contributed by atoms with van der Waals surface area (Å²) >= 11 is 0. The first-order valence-electron chi connectivity index (χ1n) is 15.6. The van der Waals surface area contributed by atoms with Crippen LogP contribution in [-0.4, -0.2) is 70.2 Å². The number of anilines is 1. The number of aromatic hydroxyl groups is 2. The van der Waals surface area contributed by atoms with Crippen molar-refractivity contribution in [1.29, 1.82) is 0 Å². The Morgan fingerprint density at radius 2 is 1.82 bits per heavy atom. The third-order valence-electron chi connectivity index (χ3n) is 8.83. The third-order valence-corrected chi connectivity index (χ3v) is 8.83. The summed E-state index contributed by atoms with van der Waals surface area (Å²) in [6, 6.07) is 12.8. The zero-order valence-electron chi connectivity index (χ0n) is 25.9. The third kappa shape index (κ3) is 8.49. The standard InChI is InChI=1S/C34H45N3O8/c1-20-3-6-23(11-22-9-10-36-33(35)13-22)27(37-20)18-43-32-15-24(14-31(42-2)34(32)41)29-17-25(39)16-26(45-29)7-4-21-5-8-28(40)30(12-21)44-19-38/h5,8-10,12-15,20,23,25-27,29,37-41H,3-4,6-7,11,16-19H2,1-2H3,(H2,35,36)/t20-,23+,25-,26-,27-,29-/m0/s1. The van der Waals surface area contributed by atoms with Gasteiger partial charge in [-0.3, -0.25) is 0 Å². The molecule has 0 radical (unpaired) electrons. The Bertz CT molecular complexity index is 1420. The minimum Gasteiger partial charge on any atom is -0.504 e. The van der Waals surface area contributed by atoms with Crippen LogP contribution in [-0.2, 0) is 17.6 Å². The summed E-state index contributed by atoms with van der Waals surface area (Å²) in [5.41, 5.74) is 8.71. The van der Waals surface area contributed by atoms with E-state index in [1.807, 2.05) is 12.1 Å². The molecule has 2 aromatic carbocycles. The maximum absolute atomic E-state index is 11.0. The number of pyridine rings is 1. The van der Waals surface area contributed by atoms with Gasteiger partial charge in [-0.15, -0.1) is 0 Å². The number of rotatable bonds is 12. The molecule has 0 amide bonds. The Hall–Kier alpha value is -3.77. The number of nitrogens with zero attached hydrogens (tertiary/aromatic N) is 1. The van der Waals surface area contributed by atoms with Crippen LogP contribution in [0.1, 0.15) is 61.8 Å². The van der Waals surface area contributed by atoms with Gasteiger partial charge >= 0.3 is 0 Å². The van der Waals surface area contributed by atoms with Crippen LogP contribution < -0.4 is 25.3 Å². The number of hydrogen-bond acceptors (Lipinski definition) is 11. The molecule has 244 valence electrons. The number of hydrogen-bond donors (Lipinski definition) is 6. The Morgan fingerprint density at radius 1 is 1.00 bits per heavy atom. The van der Waals surface area contributed by atoms with Crippen molar-refractivity contribution in [2.75, 3.05) is 26.2 Å². The lowest BCUT2D eigenvalue weighted by atomic mass is 9.84. The molecule has 0 aliphatic carbocycles. The number of aryl methyl sites for hydroxylation is 1. The molecule has 0 spiro atoms. The summed E-state index contributed by atoms with van der Waals surface area (Å²) in [6.45, 7) is 1.98. The number of aliphatic hydroxyl groups excluding tert-OH is 2. The molecule has 1 aromatic heterocycles. The van der Waals surface area contributed by atoms with Crippen molar-refractivity contribution < 1.29 is 39.4 Å². The van der Waals surface area contributed by atoms with E-state index >= 15 is 0 Å². The number of methoxy groups -OCH3 is 1. The molecular weight excluding hydrogens is 578 g/mol. The second-order valence-corrected chi connectivity index (χ2v) is 12.2. The molecule has 2 saturated heterocycles. The predicted octanol–water partition coefficient (Wildman–Crippen LogP) is 4.00. The van der Waals surface area contributed by atoms with Gasteiger partial charge < -0.3 is 50.4 Å². The number of aliphatic hydroxyl groups is 2. The van der Waals surface area contributed by atoms with Gasteiger partial charge in [0.25, 0.3) is 0 Å². The van der Waals surface area contributed by atoms with Gasteiger partial charge in [0.15, 0.2) is 29.8 Å². The molecule has 5 rings (SSSR count). The molecular formula is C34H45N3O8. The van der Waals surface area contributed by atoms with Crippen molar-refractivity contribution in [3.8, 4) is 28.7 Å². The van der Waals surface area contributed by atoms with E-state index in [9.17, 15) is 15.3 Å². The number of nitrogen functional groups attached to an aromatic ring is 1. The molecule has 0 saturated carbocycles. The number of phenolic OH excluding ortho intramolecular Hbond substituents is 2. The van der Waals surface area contributed by atoms with E-state index in [1.165, 1.54) is 13.2 Å². The van der Waals surface area contributed by atoms with Gasteiger partial charge in [0.1, 0.15) is 12.4 Å². The second kappa shape index (κ2) is 15.0. The van der Waals surface area contributed by atoms with Crippen molar-refractivity contribution in [3.63, 3.8) is 0 Å². The van der Waals surface area contributed by atoms with E-state index in [0.717, 1.165) is 36.0 Å². The highest BCUT2D eigenvalue weighted by molar-refractivity contribution is 5.53. The zero-order chi connectivity index (χ0) is 31.9. The summed E-state index contributed by atoms with van der Waals surface area (Å²) in [7, 11) is 1.50. The highest BCUT2D eigenvalue weighted by Gasteiger charge is 2.32. The van der Waals surface area contributed by atoms with Crippen LogP contribution in [0.25, 0.3) is 0 Å². The summed E-state index contributed by atoms with van der Waals surface area (Å²) in [6.07, 6.45) is 5.59. The number of piperidine rings is 1. The molecule has 11 heteroatoms. The van der Waals surface area contributed by atoms with E-state index in [4.69, 9.17) is 29.8 Å². The fourth-order valence-electron chi connectivity index (χ4n) is 6.45. The van der Waals surface area contributed by atoms with Crippen LogP contribution in [0.5, 0.6) is 28.7 Å². The highest BCUT2D eigenvalue weighted by atomic mass is 16.6. The average Bonchev–Trinajstić information content (AvgIpc) is 3.02. The molecule has 3 heterocycles. The van der Waals surface area contributed by atoms with Gasteiger partial charge in [0, 0.05) is 24.7 Å². The van der Waals surface area contributed by atoms with Crippen LogP contribution in [0, 0.1) is 5.92 Å². The monoisotopic (exact) mass is 623 g/mol. The van der Waals surface area contributed by atoms with E-state index in [0.29, 0.717) is 55.8 Å². The van der Waals surface area contributed by atoms with E-state index in [2.05, 4.69) is 17.2 Å². The maximum Gasteiger partial charge on any atom is 0.200 e. The van der Waals surface area contributed by atoms with Crippen LogP contribution in [0.4, 0.5) is 5.82 Å². The van der Waals surface area contributed by atoms with Crippen LogP contribution >= 0.6 is 0 Å². The Balaban J connectivity index is 1.27. The van der Waals surface area contributed by atoms with Gasteiger partial charge in [-0.2, -0.15) is 0 Å². The zero-order valence-corrected chi connectivity index (χ0v) is 25.9. The predicted molar refractivity (Wildman–Crippen MR) is 169 cm³/mol. The second-order valence-electron chi connectivity index (χ2n) is 12.2. The van der Waals surface area contributed by atoms with Crippen molar-refractivity contribution in [3.05, 3.63) is 65.4 Å². The van der Waals surface area contributed by atoms with Gasteiger partial charge in [0.05, 0.1) is 25.4 Å². The first-order chi connectivity index (χ1) is 21.7. The molecule has 0 unspecified atom stereocenters. The minimum atomic E-state index is -0.568. The van der Waals surface area contributed by atoms with Crippen LogP contribution in [0.3, 0.4) is 0 Å². The van der Waals surface area contributed by atoms with E-state index < -0.39 is 19.0 Å². The number of nitrogens with two attached hydrogens (primary N) is 1.